The van der Waals surface area contributed by atoms with E-state index in [1.807, 2.05) is 19.1 Å². The van der Waals surface area contributed by atoms with Crippen molar-refractivity contribution < 1.29 is 9.18 Å². The number of amides is 1. The van der Waals surface area contributed by atoms with Gasteiger partial charge in [-0.05, 0) is 38.1 Å². The first-order valence-corrected chi connectivity index (χ1v) is 12.9. The van der Waals surface area contributed by atoms with Crippen LogP contribution in [-0.2, 0) is 0 Å². The molecular weight excluding hydrogens is 497 g/mol. The first-order valence-electron chi connectivity index (χ1n) is 12.5. The van der Waals surface area contributed by atoms with Crippen molar-refractivity contribution >= 4 is 40.9 Å². The third-order valence-corrected chi connectivity index (χ3v) is 7.02. The molecule has 4 heterocycles. The topological polar surface area (TPSA) is 105 Å². The number of H-pyrrole nitrogens is 1. The molecular formula is C25H31ClFN9O. The highest BCUT2D eigenvalue weighted by Crippen LogP contribution is 2.25. The van der Waals surface area contributed by atoms with Gasteiger partial charge in [0, 0.05) is 68.2 Å². The zero-order chi connectivity index (χ0) is 25.9. The van der Waals surface area contributed by atoms with E-state index in [-0.39, 0.29) is 22.5 Å². The van der Waals surface area contributed by atoms with Crippen molar-refractivity contribution in [3.63, 3.8) is 0 Å². The maximum atomic E-state index is 14.3. The van der Waals surface area contributed by atoms with Crippen LogP contribution in [0.2, 0.25) is 5.02 Å². The Morgan fingerprint density at radius 1 is 1.14 bits per heavy atom. The fourth-order valence-corrected chi connectivity index (χ4v) is 4.87. The molecule has 3 aromatic rings. The predicted octanol–water partition coefficient (Wildman–Crippen LogP) is 3.51. The number of nitrogens with one attached hydrogen (secondary N) is 3. The number of likely N-dealkylation sites (tertiary alicyclic amines) is 1. The molecule has 2 aromatic heterocycles. The summed E-state index contributed by atoms with van der Waals surface area (Å²) >= 11 is 5.84. The molecule has 0 radical (unpaired) electrons. The number of rotatable bonds is 7. The van der Waals surface area contributed by atoms with Gasteiger partial charge in [-0.2, -0.15) is 15.1 Å². The molecule has 37 heavy (non-hydrogen) atoms. The van der Waals surface area contributed by atoms with E-state index in [0.717, 1.165) is 50.3 Å². The van der Waals surface area contributed by atoms with Gasteiger partial charge in [-0.15, -0.1) is 0 Å². The quantitative estimate of drug-likeness (QED) is 0.429. The van der Waals surface area contributed by atoms with Crippen molar-refractivity contribution in [1.29, 1.82) is 0 Å². The van der Waals surface area contributed by atoms with E-state index in [1.165, 1.54) is 12.1 Å². The number of nitrogens with zero attached hydrogens (tertiary/aromatic N) is 6. The molecule has 10 nitrogen and oxygen atoms in total. The summed E-state index contributed by atoms with van der Waals surface area (Å²) in [4.78, 5) is 28.7. The van der Waals surface area contributed by atoms with Crippen LogP contribution in [0.1, 0.15) is 29.4 Å². The Morgan fingerprint density at radius 2 is 1.95 bits per heavy atom. The summed E-state index contributed by atoms with van der Waals surface area (Å²) in [6, 6.07) is 7.90. The van der Waals surface area contributed by atoms with Gasteiger partial charge in [-0.3, -0.25) is 9.89 Å². The van der Waals surface area contributed by atoms with Crippen molar-refractivity contribution in [1.82, 2.24) is 30.0 Å². The first-order chi connectivity index (χ1) is 17.9. The summed E-state index contributed by atoms with van der Waals surface area (Å²) in [6.07, 6.45) is 0.699. The molecule has 0 aliphatic carbocycles. The third kappa shape index (κ3) is 5.94. The second-order valence-corrected chi connectivity index (χ2v) is 9.86. The Hall–Kier alpha value is -3.44. The Balaban J connectivity index is 1.31. The average Bonchev–Trinajstić information content (AvgIpc) is 3.52. The zero-order valence-electron chi connectivity index (χ0n) is 21.0. The van der Waals surface area contributed by atoms with E-state index in [4.69, 9.17) is 16.6 Å². The van der Waals surface area contributed by atoms with Crippen LogP contribution in [0.4, 0.5) is 27.8 Å². The lowest BCUT2D eigenvalue weighted by Gasteiger charge is -2.35. The van der Waals surface area contributed by atoms with Crippen LogP contribution < -0.4 is 15.5 Å². The molecule has 2 saturated heterocycles. The molecule has 1 atom stereocenters. The van der Waals surface area contributed by atoms with Crippen molar-refractivity contribution in [2.75, 3.05) is 61.3 Å². The van der Waals surface area contributed by atoms with Gasteiger partial charge in [-0.25, -0.2) is 4.39 Å². The SMILES string of the molecule is CCN1CCN(c2cc(Nc3cc(C)[nH]n3)nc(NC3CCN(C(=O)c4ccc(Cl)cc4F)C3)n2)CC1. The predicted molar refractivity (Wildman–Crippen MR) is 142 cm³/mol. The van der Waals surface area contributed by atoms with E-state index in [9.17, 15) is 9.18 Å². The first kappa shape index (κ1) is 25.2. The fourth-order valence-electron chi connectivity index (χ4n) is 4.71. The fraction of sp³-hybridized carbons (Fsp3) is 0.440. The van der Waals surface area contributed by atoms with E-state index < -0.39 is 5.82 Å². The van der Waals surface area contributed by atoms with Gasteiger partial charge in [-0.1, -0.05) is 18.5 Å². The number of aromatic nitrogens is 4. The number of hydrogen-bond acceptors (Lipinski definition) is 8. The van der Waals surface area contributed by atoms with Crippen molar-refractivity contribution in [2.45, 2.75) is 26.3 Å². The van der Waals surface area contributed by atoms with Crippen LogP contribution in [0.15, 0.2) is 30.3 Å². The molecule has 2 fully saturated rings. The minimum Gasteiger partial charge on any atom is -0.354 e. The summed E-state index contributed by atoms with van der Waals surface area (Å²) in [5.74, 6) is 1.65. The maximum absolute atomic E-state index is 14.3. The molecule has 3 N–H and O–H groups in total. The number of hydrogen-bond donors (Lipinski definition) is 3. The Labute approximate surface area is 220 Å². The summed E-state index contributed by atoms with van der Waals surface area (Å²) in [5.41, 5.74) is 0.967. The molecule has 1 aromatic carbocycles. The molecule has 1 unspecified atom stereocenters. The number of aryl methyl sites for hydroxylation is 1. The lowest BCUT2D eigenvalue weighted by molar-refractivity contribution is 0.0787. The number of anilines is 4. The van der Waals surface area contributed by atoms with Gasteiger partial charge in [0.05, 0.1) is 5.56 Å². The maximum Gasteiger partial charge on any atom is 0.256 e. The van der Waals surface area contributed by atoms with Crippen LogP contribution in [0.25, 0.3) is 0 Å². The van der Waals surface area contributed by atoms with Crippen LogP contribution in [-0.4, -0.2) is 87.7 Å². The lowest BCUT2D eigenvalue weighted by atomic mass is 10.2. The highest BCUT2D eigenvalue weighted by Gasteiger charge is 2.29. The number of carbonyl (C=O) groups is 1. The molecule has 0 spiro atoms. The van der Waals surface area contributed by atoms with Crippen molar-refractivity contribution in [3.8, 4) is 0 Å². The molecule has 196 valence electrons. The third-order valence-electron chi connectivity index (χ3n) is 6.79. The number of carbonyl (C=O) groups excluding carboxylic acids is 1. The minimum absolute atomic E-state index is 0.0234. The zero-order valence-corrected chi connectivity index (χ0v) is 21.7. The smallest absolute Gasteiger partial charge is 0.256 e. The summed E-state index contributed by atoms with van der Waals surface area (Å²) < 4.78 is 14.3. The number of benzene rings is 1. The van der Waals surface area contributed by atoms with Crippen LogP contribution in [0.5, 0.6) is 0 Å². The standard InChI is InChI=1S/C25H31ClFN9O/c1-3-34-8-10-35(11-9-34)23-14-21(29-22-12-16(2)32-33-22)30-25(31-23)28-18-6-7-36(15-18)24(37)19-5-4-17(26)13-20(19)27/h4-5,12-14,18H,3,6-11,15H2,1-2H3,(H3,28,29,30,31,32,33). The second-order valence-electron chi connectivity index (χ2n) is 9.42. The number of piperazine rings is 1. The van der Waals surface area contributed by atoms with Gasteiger partial charge in [0.25, 0.3) is 5.91 Å². The highest BCUT2D eigenvalue weighted by molar-refractivity contribution is 6.30. The van der Waals surface area contributed by atoms with Crippen LogP contribution >= 0.6 is 11.6 Å². The number of halogens is 2. The Bertz CT molecular complexity index is 1260. The summed E-state index contributed by atoms with van der Waals surface area (Å²) in [5, 5.41) is 14.1. The second kappa shape index (κ2) is 10.9. The van der Waals surface area contributed by atoms with E-state index in [2.05, 4.69) is 42.5 Å². The van der Waals surface area contributed by atoms with Crippen molar-refractivity contribution in [3.05, 3.63) is 52.4 Å². The van der Waals surface area contributed by atoms with E-state index >= 15 is 0 Å². The monoisotopic (exact) mass is 527 g/mol. The molecule has 1 amide bonds. The van der Waals surface area contributed by atoms with Gasteiger partial charge >= 0.3 is 0 Å². The van der Waals surface area contributed by atoms with Crippen LogP contribution in [0, 0.1) is 12.7 Å². The Morgan fingerprint density at radius 3 is 2.65 bits per heavy atom. The minimum atomic E-state index is -0.613. The largest absolute Gasteiger partial charge is 0.354 e. The van der Waals surface area contributed by atoms with Gasteiger partial charge in [0.1, 0.15) is 17.5 Å². The molecule has 2 aliphatic rings. The highest BCUT2D eigenvalue weighted by atomic mass is 35.5. The molecule has 2 aliphatic heterocycles. The Kier molecular flexibility index (Phi) is 7.43. The molecule has 12 heteroatoms. The van der Waals surface area contributed by atoms with Gasteiger partial charge < -0.3 is 25.3 Å². The summed E-state index contributed by atoms with van der Waals surface area (Å²) in [6.45, 7) is 9.79. The lowest BCUT2D eigenvalue weighted by Crippen LogP contribution is -2.46. The summed E-state index contributed by atoms with van der Waals surface area (Å²) in [7, 11) is 0. The normalized spacial score (nSPS) is 18.3. The van der Waals surface area contributed by atoms with Gasteiger partial charge in [0.15, 0.2) is 5.82 Å². The average molecular weight is 528 g/mol. The van der Waals surface area contributed by atoms with Crippen molar-refractivity contribution in [2.24, 2.45) is 0 Å². The molecule has 0 saturated carbocycles. The molecule has 5 rings (SSSR count). The molecule has 0 bridgehead atoms. The number of aromatic amines is 1. The van der Waals surface area contributed by atoms with E-state index in [1.54, 1.807) is 4.90 Å². The van der Waals surface area contributed by atoms with E-state index in [0.29, 0.717) is 37.1 Å². The number of likely N-dealkylation sites (N-methyl/N-ethyl adjacent to an activating group) is 1. The van der Waals surface area contributed by atoms with Crippen LogP contribution in [0.3, 0.4) is 0 Å². The van der Waals surface area contributed by atoms with Gasteiger partial charge in [0.2, 0.25) is 5.95 Å².